The summed E-state index contributed by atoms with van der Waals surface area (Å²) in [6.07, 6.45) is 2.75. The van der Waals surface area contributed by atoms with E-state index in [1.807, 2.05) is 24.3 Å². The molecule has 1 aliphatic rings. The van der Waals surface area contributed by atoms with Crippen LogP contribution in [0.3, 0.4) is 0 Å². The molecule has 0 aliphatic carbocycles. The minimum Gasteiger partial charge on any atom is -0.494 e. The molecule has 2 N–H and O–H groups in total. The van der Waals surface area contributed by atoms with Crippen LogP contribution in [-0.2, 0) is 4.79 Å². The molecule has 0 atom stereocenters. The zero-order valence-corrected chi connectivity index (χ0v) is 12.1. The number of nitrogens with zero attached hydrogens (tertiary/aromatic N) is 1. The predicted molar refractivity (Wildman–Crippen MR) is 81.4 cm³/mol. The molecule has 1 saturated heterocycles. The second-order valence-corrected chi connectivity index (χ2v) is 5.64. The quantitative estimate of drug-likeness (QED) is 0.400. The molecule has 1 heterocycles. The molecular formula is C13H14N2O2S2. The minimum atomic E-state index is -0.263. The summed E-state index contributed by atoms with van der Waals surface area (Å²) in [5, 5.41) is 0.991. The van der Waals surface area contributed by atoms with Crippen LogP contribution in [0.25, 0.3) is 6.08 Å². The number of amides is 1. The van der Waals surface area contributed by atoms with Crippen molar-refractivity contribution in [2.45, 2.75) is 13.3 Å². The van der Waals surface area contributed by atoms with E-state index in [4.69, 9.17) is 22.8 Å². The molecule has 1 aromatic rings. The highest BCUT2D eigenvalue weighted by Gasteiger charge is 2.29. The zero-order chi connectivity index (χ0) is 13.8. The highest BCUT2D eigenvalue weighted by molar-refractivity contribution is 8.26. The standard InChI is InChI=1S/C13H14N2O2S2/c1-2-7-17-10-5-3-9(4-6-10)8-11-12(16)15(14)13(18)19-11/h3-6,8H,2,7,14H2,1H3/b11-8-. The van der Waals surface area contributed by atoms with Crippen LogP contribution in [0, 0.1) is 0 Å². The van der Waals surface area contributed by atoms with Gasteiger partial charge in [0.05, 0.1) is 11.5 Å². The molecule has 0 aromatic heterocycles. The molecule has 1 aromatic carbocycles. The molecule has 1 amide bonds. The Bertz CT molecular complexity index is 526. The van der Waals surface area contributed by atoms with Crippen LogP contribution in [-0.4, -0.2) is 21.8 Å². The number of benzene rings is 1. The average molecular weight is 294 g/mol. The normalized spacial score (nSPS) is 17.4. The van der Waals surface area contributed by atoms with Crippen molar-refractivity contribution in [3.05, 3.63) is 34.7 Å². The van der Waals surface area contributed by atoms with E-state index in [1.54, 1.807) is 6.08 Å². The summed E-state index contributed by atoms with van der Waals surface area (Å²) < 4.78 is 5.87. The van der Waals surface area contributed by atoms with Crippen molar-refractivity contribution in [3.63, 3.8) is 0 Å². The fourth-order valence-corrected chi connectivity index (χ4v) is 2.61. The summed E-state index contributed by atoms with van der Waals surface area (Å²) in [7, 11) is 0. The highest BCUT2D eigenvalue weighted by Crippen LogP contribution is 2.30. The lowest BCUT2D eigenvalue weighted by Gasteiger charge is -2.04. The van der Waals surface area contributed by atoms with Crippen LogP contribution in [0.4, 0.5) is 0 Å². The monoisotopic (exact) mass is 294 g/mol. The van der Waals surface area contributed by atoms with Gasteiger partial charge in [0.15, 0.2) is 4.32 Å². The summed E-state index contributed by atoms with van der Waals surface area (Å²) in [6, 6.07) is 7.55. The molecule has 0 bridgehead atoms. The smallest absolute Gasteiger partial charge is 0.280 e. The Kier molecular flexibility index (Phi) is 4.57. The first-order valence-electron chi connectivity index (χ1n) is 5.87. The fourth-order valence-electron chi connectivity index (χ4n) is 1.51. The molecular weight excluding hydrogens is 280 g/mol. The van der Waals surface area contributed by atoms with E-state index in [0.717, 1.165) is 22.7 Å². The summed E-state index contributed by atoms with van der Waals surface area (Å²) in [4.78, 5) is 12.3. The van der Waals surface area contributed by atoms with Gasteiger partial charge in [0.25, 0.3) is 5.91 Å². The summed E-state index contributed by atoms with van der Waals surface area (Å²) in [6.45, 7) is 2.76. The number of thioether (sulfide) groups is 1. The van der Waals surface area contributed by atoms with Crippen molar-refractivity contribution in [2.24, 2.45) is 5.84 Å². The Morgan fingerprint density at radius 3 is 2.63 bits per heavy atom. The Balaban J connectivity index is 2.11. The van der Waals surface area contributed by atoms with E-state index >= 15 is 0 Å². The van der Waals surface area contributed by atoms with Crippen LogP contribution < -0.4 is 10.6 Å². The van der Waals surface area contributed by atoms with E-state index in [-0.39, 0.29) is 5.91 Å². The summed E-state index contributed by atoms with van der Waals surface area (Å²) in [5.41, 5.74) is 0.915. The number of thiocarbonyl (C=S) groups is 1. The third kappa shape index (κ3) is 3.34. The molecule has 1 aliphatic heterocycles. The van der Waals surface area contributed by atoms with Gasteiger partial charge in [0.1, 0.15) is 5.75 Å². The lowest BCUT2D eigenvalue weighted by Crippen LogP contribution is -2.34. The summed E-state index contributed by atoms with van der Waals surface area (Å²) >= 11 is 6.17. The largest absolute Gasteiger partial charge is 0.494 e. The van der Waals surface area contributed by atoms with Gasteiger partial charge in [-0.2, -0.15) is 0 Å². The fraction of sp³-hybridized carbons (Fsp3) is 0.231. The van der Waals surface area contributed by atoms with Crippen LogP contribution in [0.5, 0.6) is 5.75 Å². The van der Waals surface area contributed by atoms with Crippen LogP contribution in [0.1, 0.15) is 18.9 Å². The Morgan fingerprint density at radius 2 is 2.11 bits per heavy atom. The van der Waals surface area contributed by atoms with E-state index in [9.17, 15) is 4.79 Å². The van der Waals surface area contributed by atoms with Gasteiger partial charge in [-0.25, -0.2) is 10.9 Å². The van der Waals surface area contributed by atoms with Gasteiger partial charge in [-0.1, -0.05) is 43.0 Å². The molecule has 0 saturated carbocycles. The maximum Gasteiger partial charge on any atom is 0.280 e. The first kappa shape index (κ1) is 14.0. The second kappa shape index (κ2) is 6.18. The van der Waals surface area contributed by atoms with Crippen molar-refractivity contribution >= 4 is 40.3 Å². The first-order chi connectivity index (χ1) is 9.11. The number of carbonyl (C=O) groups is 1. The van der Waals surface area contributed by atoms with Crippen molar-refractivity contribution in [1.29, 1.82) is 0 Å². The van der Waals surface area contributed by atoms with Gasteiger partial charge in [-0.3, -0.25) is 4.79 Å². The van der Waals surface area contributed by atoms with Gasteiger partial charge >= 0.3 is 0 Å². The average Bonchev–Trinajstić information content (AvgIpc) is 2.66. The molecule has 4 nitrogen and oxygen atoms in total. The zero-order valence-electron chi connectivity index (χ0n) is 10.5. The number of carbonyl (C=O) groups excluding carboxylic acids is 1. The maximum absolute atomic E-state index is 11.7. The van der Waals surface area contributed by atoms with Crippen molar-refractivity contribution in [2.75, 3.05) is 6.61 Å². The predicted octanol–water partition coefficient (Wildman–Crippen LogP) is 2.55. The van der Waals surface area contributed by atoms with Gasteiger partial charge in [0, 0.05) is 0 Å². The van der Waals surface area contributed by atoms with Crippen LogP contribution >= 0.6 is 24.0 Å². The lowest BCUT2D eigenvalue weighted by atomic mass is 10.2. The Labute approximate surface area is 121 Å². The van der Waals surface area contributed by atoms with Gasteiger partial charge in [0.2, 0.25) is 0 Å². The van der Waals surface area contributed by atoms with Gasteiger partial charge in [-0.05, 0) is 30.2 Å². The second-order valence-electron chi connectivity index (χ2n) is 3.97. The van der Waals surface area contributed by atoms with E-state index in [0.29, 0.717) is 15.8 Å². The molecule has 0 spiro atoms. The number of hydrazine groups is 1. The van der Waals surface area contributed by atoms with E-state index in [1.165, 1.54) is 11.8 Å². The number of hydrogen-bond donors (Lipinski definition) is 1. The molecule has 6 heteroatoms. The Hall–Kier alpha value is -1.37. The number of nitrogens with two attached hydrogens (primary N) is 1. The molecule has 0 unspecified atom stereocenters. The maximum atomic E-state index is 11.7. The molecule has 2 rings (SSSR count). The third-order valence-corrected chi connectivity index (χ3v) is 3.80. The topological polar surface area (TPSA) is 55.6 Å². The van der Waals surface area contributed by atoms with Crippen LogP contribution in [0.2, 0.25) is 0 Å². The SMILES string of the molecule is CCCOc1ccc(/C=C2\SC(=S)N(N)C2=O)cc1. The van der Waals surface area contributed by atoms with Gasteiger partial charge < -0.3 is 4.74 Å². The van der Waals surface area contributed by atoms with Crippen molar-refractivity contribution in [3.8, 4) is 5.75 Å². The number of ether oxygens (including phenoxy) is 1. The minimum absolute atomic E-state index is 0.263. The van der Waals surface area contributed by atoms with E-state index in [2.05, 4.69) is 6.92 Å². The first-order valence-corrected chi connectivity index (χ1v) is 7.10. The third-order valence-electron chi connectivity index (χ3n) is 2.47. The lowest BCUT2D eigenvalue weighted by molar-refractivity contribution is -0.122. The molecule has 1 fully saturated rings. The number of hydrogen-bond acceptors (Lipinski definition) is 5. The van der Waals surface area contributed by atoms with Crippen LogP contribution in [0.15, 0.2) is 29.2 Å². The van der Waals surface area contributed by atoms with Crippen molar-refractivity contribution in [1.82, 2.24) is 5.01 Å². The highest BCUT2D eigenvalue weighted by atomic mass is 32.2. The number of rotatable bonds is 4. The summed E-state index contributed by atoms with van der Waals surface area (Å²) in [5.74, 6) is 6.07. The van der Waals surface area contributed by atoms with Gasteiger partial charge in [-0.15, -0.1) is 0 Å². The molecule has 100 valence electrons. The molecule has 0 radical (unpaired) electrons. The van der Waals surface area contributed by atoms with E-state index < -0.39 is 0 Å². The van der Waals surface area contributed by atoms with Crippen molar-refractivity contribution < 1.29 is 9.53 Å². The molecule has 19 heavy (non-hydrogen) atoms. The Morgan fingerprint density at radius 1 is 1.42 bits per heavy atom.